The molecule has 1 aromatic carbocycles. The number of carbonyl (C=O) groups is 1. The first-order valence-corrected chi connectivity index (χ1v) is 7.28. The Morgan fingerprint density at radius 2 is 2.05 bits per heavy atom. The van der Waals surface area contributed by atoms with Gasteiger partial charge in [0.05, 0.1) is 6.07 Å². The zero-order valence-electron chi connectivity index (χ0n) is 11.0. The van der Waals surface area contributed by atoms with Crippen molar-refractivity contribution in [1.82, 2.24) is 4.90 Å². The first-order valence-electron chi connectivity index (χ1n) is 6.49. The van der Waals surface area contributed by atoms with Crippen molar-refractivity contribution < 1.29 is 4.79 Å². The third-order valence-corrected chi connectivity index (χ3v) is 4.57. The summed E-state index contributed by atoms with van der Waals surface area (Å²) < 4.78 is 0.993. The minimum atomic E-state index is -0.782. The number of halogens is 1. The highest BCUT2D eigenvalue weighted by atomic mass is 79.9. The normalized spacial score (nSPS) is 16.9. The van der Waals surface area contributed by atoms with E-state index in [0.717, 1.165) is 22.9 Å². The Labute approximate surface area is 122 Å². The second-order valence-electron chi connectivity index (χ2n) is 5.15. The third-order valence-electron chi connectivity index (χ3n) is 3.79. The number of nitriles is 1. The highest BCUT2D eigenvalue weighted by molar-refractivity contribution is 9.10. The molecule has 0 radical (unpaired) electrons. The second-order valence-corrected chi connectivity index (χ2v) is 6.01. The van der Waals surface area contributed by atoms with E-state index in [1.54, 1.807) is 11.9 Å². The quantitative estimate of drug-likeness (QED) is 0.855. The summed E-state index contributed by atoms with van der Waals surface area (Å²) in [4.78, 5) is 14.2. The van der Waals surface area contributed by atoms with Gasteiger partial charge in [0.15, 0.2) is 0 Å². The fraction of sp³-hybridized carbons (Fsp3) is 0.467. The lowest BCUT2D eigenvalue weighted by molar-refractivity contribution is -0.138. The lowest BCUT2D eigenvalue weighted by Gasteiger charge is -2.27. The van der Waals surface area contributed by atoms with Gasteiger partial charge in [0.2, 0.25) is 5.91 Å². The van der Waals surface area contributed by atoms with E-state index in [-0.39, 0.29) is 5.91 Å². The van der Waals surface area contributed by atoms with E-state index in [1.165, 1.54) is 0 Å². The maximum absolute atomic E-state index is 12.5. The molecule has 0 spiro atoms. The highest BCUT2D eigenvalue weighted by Gasteiger charge is 2.43. The Morgan fingerprint density at radius 3 is 2.63 bits per heavy atom. The van der Waals surface area contributed by atoms with Crippen molar-refractivity contribution >= 4 is 21.8 Å². The number of hydrogen-bond donors (Lipinski definition) is 0. The molecule has 0 saturated heterocycles. The maximum atomic E-state index is 12.5. The fourth-order valence-electron chi connectivity index (χ4n) is 2.67. The van der Waals surface area contributed by atoms with Crippen LogP contribution in [0.4, 0.5) is 0 Å². The second kappa shape index (κ2) is 5.75. The number of carbonyl (C=O) groups excluding carboxylic acids is 1. The van der Waals surface area contributed by atoms with Crippen LogP contribution in [0.25, 0.3) is 0 Å². The number of hydrogen-bond acceptors (Lipinski definition) is 2. The van der Waals surface area contributed by atoms with Gasteiger partial charge in [-0.15, -0.1) is 0 Å². The standard InChI is InChI=1S/C15H17BrN2O/c1-18(10-12-6-2-3-7-13(12)16)14(19)15(11-17)8-4-5-9-15/h2-3,6-7H,4-5,8-10H2,1H3. The van der Waals surface area contributed by atoms with Crippen molar-refractivity contribution in [3.05, 3.63) is 34.3 Å². The molecule has 0 bridgehead atoms. The number of amides is 1. The van der Waals surface area contributed by atoms with Crippen molar-refractivity contribution in [3.8, 4) is 6.07 Å². The van der Waals surface area contributed by atoms with Gasteiger partial charge in [-0.25, -0.2) is 0 Å². The van der Waals surface area contributed by atoms with Crippen LogP contribution in [0.2, 0.25) is 0 Å². The molecule has 19 heavy (non-hydrogen) atoms. The van der Waals surface area contributed by atoms with E-state index in [2.05, 4.69) is 22.0 Å². The third kappa shape index (κ3) is 2.82. The average molecular weight is 321 g/mol. The molecule has 0 heterocycles. The first-order chi connectivity index (χ1) is 9.09. The van der Waals surface area contributed by atoms with Gasteiger partial charge in [-0.1, -0.05) is 47.0 Å². The average Bonchev–Trinajstić information content (AvgIpc) is 2.90. The van der Waals surface area contributed by atoms with E-state index in [1.807, 2.05) is 24.3 Å². The van der Waals surface area contributed by atoms with Gasteiger partial charge in [0.25, 0.3) is 0 Å². The van der Waals surface area contributed by atoms with E-state index in [4.69, 9.17) is 0 Å². The molecule has 0 aliphatic heterocycles. The van der Waals surface area contributed by atoms with Gasteiger partial charge in [-0.3, -0.25) is 4.79 Å². The molecule has 0 unspecified atom stereocenters. The van der Waals surface area contributed by atoms with Crippen molar-refractivity contribution in [2.75, 3.05) is 7.05 Å². The molecule has 4 heteroatoms. The Bertz CT molecular complexity index is 515. The minimum Gasteiger partial charge on any atom is -0.340 e. The lowest BCUT2D eigenvalue weighted by atomic mass is 9.86. The predicted molar refractivity (Wildman–Crippen MR) is 77.1 cm³/mol. The monoisotopic (exact) mass is 320 g/mol. The highest BCUT2D eigenvalue weighted by Crippen LogP contribution is 2.39. The summed E-state index contributed by atoms with van der Waals surface area (Å²) in [5, 5.41) is 9.35. The lowest BCUT2D eigenvalue weighted by Crippen LogP contribution is -2.39. The Hall–Kier alpha value is -1.34. The van der Waals surface area contributed by atoms with Crippen molar-refractivity contribution in [2.45, 2.75) is 32.2 Å². The van der Waals surface area contributed by atoms with E-state index in [0.29, 0.717) is 19.4 Å². The summed E-state index contributed by atoms with van der Waals surface area (Å²) in [5.74, 6) is -0.0387. The molecule has 100 valence electrons. The largest absolute Gasteiger partial charge is 0.340 e. The minimum absolute atomic E-state index is 0.0387. The Kier molecular flexibility index (Phi) is 4.26. The van der Waals surface area contributed by atoms with Crippen molar-refractivity contribution in [2.24, 2.45) is 5.41 Å². The van der Waals surface area contributed by atoms with Gasteiger partial charge in [0.1, 0.15) is 5.41 Å². The Balaban J connectivity index is 2.12. The molecule has 1 amide bonds. The summed E-state index contributed by atoms with van der Waals surface area (Å²) >= 11 is 3.48. The van der Waals surface area contributed by atoms with Crippen LogP contribution >= 0.6 is 15.9 Å². The summed E-state index contributed by atoms with van der Waals surface area (Å²) in [7, 11) is 1.78. The molecule has 1 aliphatic rings. The summed E-state index contributed by atoms with van der Waals surface area (Å²) in [6.45, 7) is 0.531. The molecular weight excluding hydrogens is 304 g/mol. The fourth-order valence-corrected chi connectivity index (χ4v) is 3.08. The molecule has 1 aliphatic carbocycles. The zero-order chi connectivity index (χ0) is 13.9. The van der Waals surface area contributed by atoms with Gasteiger partial charge in [0, 0.05) is 18.1 Å². The SMILES string of the molecule is CN(Cc1ccccc1Br)C(=O)C1(C#N)CCCC1. The van der Waals surface area contributed by atoms with Crippen molar-refractivity contribution in [3.63, 3.8) is 0 Å². The van der Waals surface area contributed by atoms with Crippen LogP contribution in [-0.4, -0.2) is 17.9 Å². The van der Waals surface area contributed by atoms with Crippen LogP contribution < -0.4 is 0 Å². The van der Waals surface area contributed by atoms with Gasteiger partial charge >= 0.3 is 0 Å². The molecule has 0 atom stereocenters. The molecule has 0 aromatic heterocycles. The van der Waals surface area contributed by atoms with Crippen LogP contribution in [0.1, 0.15) is 31.2 Å². The Morgan fingerprint density at radius 1 is 1.42 bits per heavy atom. The van der Waals surface area contributed by atoms with E-state index < -0.39 is 5.41 Å². The van der Waals surface area contributed by atoms with Crippen LogP contribution in [0.3, 0.4) is 0 Å². The number of benzene rings is 1. The first kappa shape index (κ1) is 14.1. The molecule has 2 rings (SSSR count). The van der Waals surface area contributed by atoms with Gasteiger partial charge in [-0.05, 0) is 24.5 Å². The molecule has 1 saturated carbocycles. The summed E-state index contributed by atoms with van der Waals surface area (Å²) in [6.07, 6.45) is 3.34. The maximum Gasteiger partial charge on any atom is 0.243 e. The van der Waals surface area contributed by atoms with Crippen molar-refractivity contribution in [1.29, 1.82) is 5.26 Å². The van der Waals surface area contributed by atoms with E-state index in [9.17, 15) is 10.1 Å². The summed E-state index contributed by atoms with van der Waals surface area (Å²) in [5.41, 5.74) is 0.278. The zero-order valence-corrected chi connectivity index (χ0v) is 12.6. The molecular formula is C15H17BrN2O. The van der Waals surface area contributed by atoms with Crippen LogP contribution in [0, 0.1) is 16.7 Å². The molecule has 0 N–H and O–H groups in total. The molecule has 3 nitrogen and oxygen atoms in total. The molecule has 1 fully saturated rings. The van der Waals surface area contributed by atoms with Crippen LogP contribution in [-0.2, 0) is 11.3 Å². The number of rotatable bonds is 3. The van der Waals surface area contributed by atoms with Crippen LogP contribution in [0.5, 0.6) is 0 Å². The van der Waals surface area contributed by atoms with Gasteiger partial charge in [-0.2, -0.15) is 5.26 Å². The molecule has 1 aromatic rings. The van der Waals surface area contributed by atoms with Crippen LogP contribution in [0.15, 0.2) is 28.7 Å². The summed E-state index contributed by atoms with van der Waals surface area (Å²) in [6, 6.07) is 10.1. The topological polar surface area (TPSA) is 44.1 Å². The van der Waals surface area contributed by atoms with E-state index >= 15 is 0 Å². The number of nitrogens with zero attached hydrogens (tertiary/aromatic N) is 2. The smallest absolute Gasteiger partial charge is 0.243 e. The van der Waals surface area contributed by atoms with Gasteiger partial charge < -0.3 is 4.90 Å². The predicted octanol–water partition coefficient (Wildman–Crippen LogP) is 3.49.